The van der Waals surface area contributed by atoms with Gasteiger partial charge in [0.2, 0.25) is 0 Å². The van der Waals surface area contributed by atoms with Crippen molar-refractivity contribution < 1.29 is 23.8 Å². The van der Waals surface area contributed by atoms with Crippen LogP contribution in [0.4, 0.5) is 0 Å². The molecule has 0 aliphatic rings. The first-order valence-electron chi connectivity index (χ1n) is 6.29. The van der Waals surface area contributed by atoms with Gasteiger partial charge in [-0.3, -0.25) is 9.59 Å². The first-order chi connectivity index (χ1) is 10.0. The molecule has 21 heavy (non-hydrogen) atoms. The van der Waals surface area contributed by atoms with Gasteiger partial charge < -0.3 is 19.5 Å². The lowest BCUT2D eigenvalue weighted by molar-refractivity contribution is -0.127. The summed E-state index contributed by atoms with van der Waals surface area (Å²) in [5, 5.41) is 2.99. The van der Waals surface area contributed by atoms with Crippen LogP contribution in [-0.2, 0) is 9.53 Å². The maximum Gasteiger partial charge on any atom is 0.260 e. The van der Waals surface area contributed by atoms with Gasteiger partial charge in [-0.2, -0.15) is 0 Å². The Labute approximate surface area is 128 Å². The molecule has 0 heterocycles. The van der Waals surface area contributed by atoms with Crippen molar-refractivity contribution in [2.75, 3.05) is 27.4 Å². The SMILES string of the molecule is COCCNC(=O)C(C)Oc1c(C=O)cc(Cl)cc1OC. The molecule has 1 unspecified atom stereocenters. The van der Waals surface area contributed by atoms with Gasteiger partial charge in [0.25, 0.3) is 5.91 Å². The summed E-state index contributed by atoms with van der Waals surface area (Å²) < 4.78 is 15.5. The first kappa shape index (κ1) is 17.3. The fourth-order valence-corrected chi connectivity index (χ4v) is 1.82. The third-order valence-electron chi connectivity index (χ3n) is 2.66. The van der Waals surface area contributed by atoms with E-state index >= 15 is 0 Å². The highest BCUT2D eigenvalue weighted by Gasteiger charge is 2.19. The fourth-order valence-electron chi connectivity index (χ4n) is 1.60. The molecule has 1 atom stereocenters. The van der Waals surface area contributed by atoms with Gasteiger partial charge in [0.15, 0.2) is 23.9 Å². The minimum absolute atomic E-state index is 0.186. The normalized spacial score (nSPS) is 11.6. The Morgan fingerprint density at radius 1 is 1.43 bits per heavy atom. The van der Waals surface area contributed by atoms with Crippen molar-refractivity contribution in [3.05, 3.63) is 22.7 Å². The van der Waals surface area contributed by atoms with Crippen molar-refractivity contribution in [1.29, 1.82) is 0 Å². The van der Waals surface area contributed by atoms with Crippen molar-refractivity contribution in [3.8, 4) is 11.5 Å². The molecule has 0 spiro atoms. The Hall–Kier alpha value is -1.79. The molecule has 1 aromatic rings. The summed E-state index contributed by atoms with van der Waals surface area (Å²) in [5.74, 6) is 0.160. The molecule has 1 amide bonds. The van der Waals surface area contributed by atoms with Crippen LogP contribution in [0.1, 0.15) is 17.3 Å². The van der Waals surface area contributed by atoms with Gasteiger partial charge in [0, 0.05) is 24.7 Å². The van der Waals surface area contributed by atoms with Crippen LogP contribution in [0, 0.1) is 0 Å². The average Bonchev–Trinajstić information content (AvgIpc) is 2.48. The predicted octanol–water partition coefficient (Wildman–Crippen LogP) is 1.69. The molecule has 1 aromatic carbocycles. The molecule has 0 fully saturated rings. The smallest absolute Gasteiger partial charge is 0.260 e. The Balaban J connectivity index is 2.86. The highest BCUT2D eigenvalue weighted by Crippen LogP contribution is 2.34. The van der Waals surface area contributed by atoms with E-state index in [1.165, 1.54) is 19.2 Å². The number of nitrogens with one attached hydrogen (secondary N) is 1. The van der Waals surface area contributed by atoms with Crippen molar-refractivity contribution in [1.82, 2.24) is 5.32 Å². The number of amides is 1. The third-order valence-corrected chi connectivity index (χ3v) is 2.88. The molecule has 116 valence electrons. The molecule has 0 radical (unpaired) electrons. The summed E-state index contributed by atoms with van der Waals surface area (Å²) in [7, 11) is 2.97. The van der Waals surface area contributed by atoms with Crippen molar-refractivity contribution >= 4 is 23.8 Å². The Kier molecular flexibility index (Phi) is 6.98. The molecule has 0 saturated carbocycles. The maximum absolute atomic E-state index is 11.8. The van der Waals surface area contributed by atoms with E-state index in [-0.39, 0.29) is 17.2 Å². The van der Waals surface area contributed by atoms with E-state index in [2.05, 4.69) is 5.32 Å². The van der Waals surface area contributed by atoms with Crippen molar-refractivity contribution in [3.63, 3.8) is 0 Å². The standard InChI is InChI=1S/C14H18ClNO5/c1-9(14(18)16-4-5-19-2)21-13-10(8-17)6-11(15)7-12(13)20-3/h6-9H,4-5H2,1-3H3,(H,16,18). The molecule has 0 bridgehead atoms. The Bertz CT molecular complexity index is 506. The molecular formula is C14H18ClNO5. The van der Waals surface area contributed by atoms with E-state index in [0.29, 0.717) is 30.2 Å². The van der Waals surface area contributed by atoms with E-state index in [1.54, 1.807) is 14.0 Å². The molecule has 0 aliphatic heterocycles. The van der Waals surface area contributed by atoms with Crippen LogP contribution < -0.4 is 14.8 Å². The van der Waals surface area contributed by atoms with Gasteiger partial charge in [-0.25, -0.2) is 0 Å². The van der Waals surface area contributed by atoms with E-state index in [4.69, 9.17) is 25.8 Å². The number of methoxy groups -OCH3 is 2. The fraction of sp³-hybridized carbons (Fsp3) is 0.429. The number of ether oxygens (including phenoxy) is 3. The monoisotopic (exact) mass is 315 g/mol. The molecule has 6 nitrogen and oxygen atoms in total. The number of halogens is 1. The van der Waals surface area contributed by atoms with E-state index in [0.717, 1.165) is 0 Å². The number of aldehydes is 1. The minimum Gasteiger partial charge on any atom is -0.493 e. The van der Waals surface area contributed by atoms with Gasteiger partial charge in [-0.05, 0) is 13.0 Å². The van der Waals surface area contributed by atoms with Crippen LogP contribution in [0.15, 0.2) is 12.1 Å². The van der Waals surface area contributed by atoms with Crippen molar-refractivity contribution in [2.45, 2.75) is 13.0 Å². The van der Waals surface area contributed by atoms with E-state index in [9.17, 15) is 9.59 Å². The zero-order chi connectivity index (χ0) is 15.8. The molecule has 0 aromatic heterocycles. The number of hydrogen-bond donors (Lipinski definition) is 1. The second-order valence-corrected chi connectivity index (χ2v) is 4.62. The lowest BCUT2D eigenvalue weighted by Gasteiger charge is -2.18. The maximum atomic E-state index is 11.8. The predicted molar refractivity (Wildman–Crippen MR) is 78.4 cm³/mol. The van der Waals surface area contributed by atoms with E-state index in [1.807, 2.05) is 0 Å². The van der Waals surface area contributed by atoms with Crippen LogP contribution in [0.2, 0.25) is 5.02 Å². The second-order valence-electron chi connectivity index (χ2n) is 4.19. The van der Waals surface area contributed by atoms with Gasteiger partial charge in [-0.15, -0.1) is 0 Å². The summed E-state index contributed by atoms with van der Waals surface area (Å²) in [5.41, 5.74) is 0.218. The summed E-state index contributed by atoms with van der Waals surface area (Å²) in [4.78, 5) is 22.9. The molecule has 1 N–H and O–H groups in total. The number of benzene rings is 1. The zero-order valence-corrected chi connectivity index (χ0v) is 12.9. The highest BCUT2D eigenvalue weighted by atomic mass is 35.5. The number of carbonyl (C=O) groups excluding carboxylic acids is 2. The van der Waals surface area contributed by atoms with E-state index < -0.39 is 6.10 Å². The van der Waals surface area contributed by atoms with Gasteiger partial charge in [0.1, 0.15) is 0 Å². The van der Waals surface area contributed by atoms with Gasteiger partial charge in [0.05, 0.1) is 19.3 Å². The van der Waals surface area contributed by atoms with Crippen LogP contribution in [-0.4, -0.2) is 45.7 Å². The topological polar surface area (TPSA) is 73.9 Å². The largest absolute Gasteiger partial charge is 0.493 e. The van der Waals surface area contributed by atoms with Crippen molar-refractivity contribution in [2.24, 2.45) is 0 Å². The van der Waals surface area contributed by atoms with Gasteiger partial charge >= 0.3 is 0 Å². The number of rotatable bonds is 8. The summed E-state index contributed by atoms with van der Waals surface area (Å²) in [6.07, 6.45) is -0.199. The van der Waals surface area contributed by atoms with Crippen LogP contribution >= 0.6 is 11.6 Å². The zero-order valence-electron chi connectivity index (χ0n) is 12.1. The van der Waals surface area contributed by atoms with Crippen LogP contribution in [0.25, 0.3) is 0 Å². The quantitative estimate of drug-likeness (QED) is 0.584. The molecule has 0 saturated heterocycles. The average molecular weight is 316 g/mol. The lowest BCUT2D eigenvalue weighted by atomic mass is 10.2. The Morgan fingerprint density at radius 2 is 2.14 bits per heavy atom. The minimum atomic E-state index is -0.796. The highest BCUT2D eigenvalue weighted by molar-refractivity contribution is 6.31. The summed E-state index contributed by atoms with van der Waals surface area (Å²) in [6.45, 7) is 2.36. The Morgan fingerprint density at radius 3 is 2.71 bits per heavy atom. The van der Waals surface area contributed by atoms with Crippen LogP contribution in [0.5, 0.6) is 11.5 Å². The second kappa shape index (κ2) is 8.49. The van der Waals surface area contributed by atoms with Crippen LogP contribution in [0.3, 0.4) is 0 Å². The summed E-state index contributed by atoms with van der Waals surface area (Å²) >= 11 is 5.88. The molecule has 0 aliphatic carbocycles. The number of hydrogen-bond acceptors (Lipinski definition) is 5. The molecule has 7 heteroatoms. The molecular weight excluding hydrogens is 298 g/mol. The lowest BCUT2D eigenvalue weighted by Crippen LogP contribution is -2.38. The molecule has 1 rings (SSSR count). The first-order valence-corrected chi connectivity index (χ1v) is 6.67. The third kappa shape index (κ3) is 4.91. The van der Waals surface area contributed by atoms with Gasteiger partial charge in [-0.1, -0.05) is 11.6 Å². The summed E-state index contributed by atoms with van der Waals surface area (Å²) in [6, 6.07) is 2.96. The number of carbonyl (C=O) groups is 2.